The second-order valence-corrected chi connectivity index (χ2v) is 19.2. The van der Waals surface area contributed by atoms with Gasteiger partial charge in [-0.05, 0) is 137 Å². The van der Waals surface area contributed by atoms with Crippen molar-refractivity contribution in [2.75, 3.05) is 69.3 Å². The number of nitrogens with one attached hydrogen (secondary N) is 7. The number of hydrogen-bond donors (Lipinski definition) is 13. The average Bonchev–Trinajstić information content (AvgIpc) is 3.63. The Labute approximate surface area is 481 Å². The zero-order valence-electron chi connectivity index (χ0n) is 47.2. The van der Waals surface area contributed by atoms with Gasteiger partial charge in [-0.3, -0.25) is 43.2 Å². The number of rotatable bonds is 36. The van der Waals surface area contributed by atoms with E-state index >= 15 is 0 Å². The number of methoxy groups -OCH3 is 4. The van der Waals surface area contributed by atoms with Crippen LogP contribution in [0.3, 0.4) is 0 Å². The van der Waals surface area contributed by atoms with E-state index < -0.39 is 83.8 Å². The normalized spacial score (nSPS) is 12.2. The van der Waals surface area contributed by atoms with Crippen molar-refractivity contribution in [1.29, 1.82) is 0 Å². The third kappa shape index (κ3) is 20.9. The van der Waals surface area contributed by atoms with Gasteiger partial charge in [0.1, 0.15) is 41.1 Å². The Hall–Kier alpha value is -8.85. The first-order valence-corrected chi connectivity index (χ1v) is 27.1. The first kappa shape index (κ1) is 66.7. The Morgan fingerprint density at radius 2 is 0.723 bits per heavy atom. The molecule has 8 amide bonds. The molecular formula is C57H78N12O14. The zero-order chi connectivity index (χ0) is 61.0. The topological polar surface area (TPSA) is 425 Å². The number of hydrogen-bond acceptors (Lipinski definition) is 17. The molecule has 83 heavy (non-hydrogen) atoms. The molecule has 0 radical (unpaired) electrons. The minimum absolute atomic E-state index is 0.0220. The molecule has 26 nitrogen and oxygen atoms in total. The molecular weight excluding hydrogens is 1080 g/mol. The van der Waals surface area contributed by atoms with E-state index in [1.807, 2.05) is 0 Å². The second kappa shape index (κ2) is 34.4. The lowest BCUT2D eigenvalue weighted by atomic mass is 10.0. The van der Waals surface area contributed by atoms with Crippen molar-refractivity contribution in [3.05, 3.63) is 95.1 Å². The van der Waals surface area contributed by atoms with E-state index in [1.165, 1.54) is 95.2 Å². The maximum atomic E-state index is 14.3. The molecule has 0 spiro atoms. The van der Waals surface area contributed by atoms with E-state index in [2.05, 4.69) is 37.2 Å². The summed E-state index contributed by atoms with van der Waals surface area (Å²) in [4.78, 5) is 121. The molecule has 4 aromatic carbocycles. The summed E-state index contributed by atoms with van der Waals surface area (Å²) in [6.45, 7) is 1.27. The predicted octanol–water partition coefficient (Wildman–Crippen LogP) is 3.33. The summed E-state index contributed by atoms with van der Waals surface area (Å²) >= 11 is 0. The van der Waals surface area contributed by atoms with Gasteiger partial charge in [0.25, 0.3) is 23.6 Å². The third-order valence-corrected chi connectivity index (χ3v) is 13.1. The van der Waals surface area contributed by atoms with Crippen LogP contribution in [0.15, 0.2) is 72.8 Å². The van der Waals surface area contributed by atoms with Crippen molar-refractivity contribution in [2.24, 2.45) is 28.7 Å². The Morgan fingerprint density at radius 3 is 1.05 bits per heavy atom. The molecule has 0 heterocycles. The number of ether oxygens (including phenoxy) is 4. The highest BCUT2D eigenvalue weighted by Crippen LogP contribution is 2.28. The van der Waals surface area contributed by atoms with Gasteiger partial charge >= 0.3 is 5.97 Å². The fraction of sp³-hybridized carbons (Fsp3) is 0.421. The van der Waals surface area contributed by atoms with Crippen LogP contribution in [0.4, 0.5) is 22.7 Å². The standard InChI is InChI=1S/C57H78N12O14/c1-80-45-21-16-33(29-37(45)50(62)72)64-57(79)44(20-25-49(70)71)69-53(75)40-32-36(19-24-48(40)83-4)66-56(78)43(15-8-6-11-27-59)68-52(74)39-31-35(18-23-47(39)82-3)65-55(77)42(14-7-5-10-26-58)67-51(73)38-30-34(17-22-46(38)81-2)63-54(76)41(61)13-9-12-28-60/h16-19,21-24,29-32,41-44H,5-15,20,25-28,58-61H2,1-4H3,(H2,62,72)(H,63,76)(H,64,79)(H,65,77)(H,66,78)(H,67,73)(H,68,74)(H,69,75)(H,70,71)/t41-,42-,43-,44-/m0/s1. The molecule has 4 rings (SSSR count). The number of benzene rings is 4. The van der Waals surface area contributed by atoms with Gasteiger partial charge < -0.3 is 89.9 Å². The van der Waals surface area contributed by atoms with Crippen LogP contribution in [0.2, 0.25) is 0 Å². The lowest BCUT2D eigenvalue weighted by molar-refractivity contribution is -0.137. The maximum Gasteiger partial charge on any atom is 0.303 e. The first-order chi connectivity index (χ1) is 39.8. The first-order valence-electron chi connectivity index (χ1n) is 27.1. The van der Waals surface area contributed by atoms with E-state index in [1.54, 1.807) is 6.07 Å². The van der Waals surface area contributed by atoms with Gasteiger partial charge in [0, 0.05) is 29.2 Å². The summed E-state index contributed by atoms with van der Waals surface area (Å²) in [7, 11) is 5.32. The summed E-state index contributed by atoms with van der Waals surface area (Å²) in [5, 5.41) is 28.4. The molecule has 0 aliphatic rings. The van der Waals surface area contributed by atoms with Gasteiger partial charge in [-0.1, -0.05) is 32.1 Å². The summed E-state index contributed by atoms with van der Waals surface area (Å²) in [6.07, 6.45) is 4.74. The monoisotopic (exact) mass is 1150 g/mol. The molecule has 0 fully saturated rings. The molecule has 26 heteroatoms. The highest BCUT2D eigenvalue weighted by molar-refractivity contribution is 6.07. The fourth-order valence-corrected chi connectivity index (χ4v) is 8.55. The van der Waals surface area contributed by atoms with Crippen LogP contribution >= 0.6 is 0 Å². The molecule has 450 valence electrons. The van der Waals surface area contributed by atoms with E-state index in [-0.39, 0.29) is 87.3 Å². The summed E-state index contributed by atoms with van der Waals surface area (Å²) in [6, 6.07) is 12.4. The predicted molar refractivity (Wildman–Crippen MR) is 312 cm³/mol. The summed E-state index contributed by atoms with van der Waals surface area (Å²) < 4.78 is 21.6. The Bertz CT molecular complexity index is 2910. The van der Waals surface area contributed by atoms with Crippen molar-refractivity contribution in [2.45, 2.75) is 108 Å². The zero-order valence-corrected chi connectivity index (χ0v) is 47.2. The molecule has 4 atom stereocenters. The minimum Gasteiger partial charge on any atom is -0.496 e. The van der Waals surface area contributed by atoms with Crippen LogP contribution in [0.25, 0.3) is 0 Å². The van der Waals surface area contributed by atoms with Crippen molar-refractivity contribution < 1.29 is 67.2 Å². The Balaban J connectivity index is 1.57. The molecule has 0 bridgehead atoms. The number of primary amides is 1. The number of carbonyl (C=O) groups excluding carboxylic acids is 8. The molecule has 0 aromatic heterocycles. The molecule has 0 aliphatic carbocycles. The highest BCUT2D eigenvalue weighted by atomic mass is 16.5. The molecule has 0 aliphatic heterocycles. The van der Waals surface area contributed by atoms with Crippen LogP contribution in [0.1, 0.15) is 125 Å². The van der Waals surface area contributed by atoms with Crippen molar-refractivity contribution in [3.8, 4) is 23.0 Å². The third-order valence-electron chi connectivity index (χ3n) is 13.1. The van der Waals surface area contributed by atoms with Crippen LogP contribution < -0.4 is 84.8 Å². The number of nitrogens with two attached hydrogens (primary N) is 5. The van der Waals surface area contributed by atoms with Crippen molar-refractivity contribution >= 4 is 76.0 Å². The smallest absolute Gasteiger partial charge is 0.303 e. The number of amides is 8. The van der Waals surface area contributed by atoms with Gasteiger partial charge in [0.2, 0.25) is 23.6 Å². The lowest BCUT2D eigenvalue weighted by Gasteiger charge is -2.22. The largest absolute Gasteiger partial charge is 0.496 e. The number of carboxylic acid groups (broad SMARTS) is 1. The second-order valence-electron chi connectivity index (χ2n) is 19.2. The minimum atomic E-state index is -1.44. The van der Waals surface area contributed by atoms with Crippen molar-refractivity contribution in [3.63, 3.8) is 0 Å². The van der Waals surface area contributed by atoms with E-state index in [0.717, 1.165) is 0 Å². The van der Waals surface area contributed by atoms with Gasteiger partial charge in [-0.2, -0.15) is 0 Å². The number of carbonyl (C=O) groups is 9. The quantitative estimate of drug-likeness (QED) is 0.0290. The van der Waals surface area contributed by atoms with Gasteiger partial charge in [0.05, 0.1) is 56.7 Å². The average molecular weight is 1160 g/mol. The highest BCUT2D eigenvalue weighted by Gasteiger charge is 2.29. The van der Waals surface area contributed by atoms with E-state index in [9.17, 15) is 48.3 Å². The maximum absolute atomic E-state index is 14.3. The summed E-state index contributed by atoms with van der Waals surface area (Å²) in [5.41, 5.74) is 29.0. The fourth-order valence-electron chi connectivity index (χ4n) is 8.55. The number of aliphatic carboxylic acids is 1. The lowest BCUT2D eigenvalue weighted by Crippen LogP contribution is -2.44. The van der Waals surface area contributed by atoms with Crippen molar-refractivity contribution in [1.82, 2.24) is 16.0 Å². The van der Waals surface area contributed by atoms with Crippen LogP contribution in [-0.2, 0) is 24.0 Å². The van der Waals surface area contributed by atoms with E-state index in [4.69, 9.17) is 47.6 Å². The van der Waals surface area contributed by atoms with Crippen LogP contribution in [0, 0.1) is 0 Å². The molecule has 4 aromatic rings. The number of carboxylic acids is 1. The molecule has 18 N–H and O–H groups in total. The Kier molecular flexibility index (Phi) is 27.7. The molecule has 0 unspecified atom stereocenters. The SMILES string of the molecule is COc1ccc(NC(=O)[C@H](CCC(=O)O)NC(=O)c2cc(NC(=O)[C@H](CCCCCN)NC(=O)c3cc(NC(=O)[C@H](CCCCCN)NC(=O)c4cc(NC(=O)[C@@H](N)CCCCN)ccc4OC)ccc3OC)ccc2OC)cc1C(N)=O. The molecule has 0 saturated carbocycles. The number of anilines is 4. The van der Waals surface area contributed by atoms with E-state index in [0.29, 0.717) is 77.4 Å². The van der Waals surface area contributed by atoms with Crippen LogP contribution in [0.5, 0.6) is 23.0 Å². The number of unbranched alkanes of at least 4 members (excludes halogenated alkanes) is 5. The summed E-state index contributed by atoms with van der Waals surface area (Å²) in [5.74, 6) is -6.61. The Morgan fingerprint density at radius 1 is 0.422 bits per heavy atom. The van der Waals surface area contributed by atoms with Gasteiger partial charge in [-0.25, -0.2) is 0 Å². The van der Waals surface area contributed by atoms with Gasteiger partial charge in [-0.15, -0.1) is 0 Å². The van der Waals surface area contributed by atoms with Crippen LogP contribution in [-0.4, -0.2) is 131 Å². The van der Waals surface area contributed by atoms with Gasteiger partial charge in [0.15, 0.2) is 0 Å². The molecule has 0 saturated heterocycles.